The summed E-state index contributed by atoms with van der Waals surface area (Å²) in [4.78, 5) is 0. The summed E-state index contributed by atoms with van der Waals surface area (Å²) in [5.74, 6) is -0.213. The molecule has 0 heterocycles. The van der Waals surface area contributed by atoms with Crippen LogP contribution in [0.4, 0.5) is 4.39 Å². The van der Waals surface area contributed by atoms with Gasteiger partial charge in [-0.15, -0.1) is 0 Å². The molecular weight excluding hydrogens is 169 g/mol. The lowest BCUT2D eigenvalue weighted by Crippen LogP contribution is -2.13. The first kappa shape index (κ1) is 10.2. The Bertz CT molecular complexity index is 252. The Morgan fingerprint density at radius 2 is 2.31 bits per heavy atom. The van der Waals surface area contributed by atoms with Crippen LogP contribution in [0, 0.1) is 5.82 Å². The van der Waals surface area contributed by atoms with Crippen molar-refractivity contribution in [2.75, 3.05) is 20.2 Å². The van der Waals surface area contributed by atoms with E-state index >= 15 is 0 Å². The minimum atomic E-state index is -0.213. The Balaban J connectivity index is 2.28. The van der Waals surface area contributed by atoms with Crippen LogP contribution in [0.3, 0.4) is 0 Å². The third-order valence-electron chi connectivity index (χ3n) is 1.65. The van der Waals surface area contributed by atoms with E-state index in [0.717, 1.165) is 12.1 Å². The molecule has 0 bridgehead atoms. The van der Waals surface area contributed by atoms with E-state index in [1.165, 1.54) is 12.1 Å². The van der Waals surface area contributed by atoms with Crippen LogP contribution in [-0.4, -0.2) is 20.2 Å². The van der Waals surface area contributed by atoms with Crippen molar-refractivity contribution in [3.63, 3.8) is 0 Å². The van der Waals surface area contributed by atoms with E-state index in [0.29, 0.717) is 13.2 Å². The number of halogens is 1. The lowest BCUT2D eigenvalue weighted by Gasteiger charge is -2.03. The Morgan fingerprint density at radius 3 is 3.00 bits per heavy atom. The van der Waals surface area contributed by atoms with Gasteiger partial charge in [-0.2, -0.15) is 0 Å². The van der Waals surface area contributed by atoms with Crippen LogP contribution in [0.5, 0.6) is 0 Å². The molecule has 0 atom stereocenters. The maximum absolute atomic E-state index is 12.7. The van der Waals surface area contributed by atoms with Gasteiger partial charge in [-0.3, -0.25) is 0 Å². The summed E-state index contributed by atoms with van der Waals surface area (Å²) in [6.07, 6.45) is 0. The highest BCUT2D eigenvalue weighted by atomic mass is 19.1. The molecule has 1 aromatic carbocycles. The summed E-state index contributed by atoms with van der Waals surface area (Å²) >= 11 is 0. The van der Waals surface area contributed by atoms with Crippen LogP contribution in [0.25, 0.3) is 0 Å². The van der Waals surface area contributed by atoms with Gasteiger partial charge in [0.15, 0.2) is 0 Å². The number of rotatable bonds is 5. The van der Waals surface area contributed by atoms with Crippen LogP contribution in [-0.2, 0) is 11.3 Å². The van der Waals surface area contributed by atoms with Gasteiger partial charge in [0.1, 0.15) is 5.82 Å². The van der Waals surface area contributed by atoms with Gasteiger partial charge in [-0.1, -0.05) is 12.1 Å². The second-order valence-electron chi connectivity index (χ2n) is 2.79. The highest BCUT2D eigenvalue weighted by Gasteiger charge is 1.94. The van der Waals surface area contributed by atoms with E-state index in [9.17, 15) is 4.39 Å². The molecule has 0 spiro atoms. The molecule has 0 aliphatic carbocycles. The maximum Gasteiger partial charge on any atom is 0.123 e. The normalized spacial score (nSPS) is 10.3. The molecule has 0 aliphatic rings. The molecule has 1 N–H and O–H groups in total. The molecule has 1 aromatic rings. The molecule has 1 rings (SSSR count). The lowest BCUT2D eigenvalue weighted by molar-refractivity contribution is 0.124. The first-order valence-electron chi connectivity index (χ1n) is 4.29. The van der Waals surface area contributed by atoms with Crippen LogP contribution in [0.15, 0.2) is 24.3 Å². The van der Waals surface area contributed by atoms with Gasteiger partial charge in [0.05, 0.1) is 13.2 Å². The highest BCUT2D eigenvalue weighted by molar-refractivity contribution is 5.15. The molecule has 0 aliphatic heterocycles. The fraction of sp³-hybridized carbons (Fsp3) is 0.400. The molecule has 3 heteroatoms. The molecule has 0 unspecified atom stereocenters. The molecule has 0 radical (unpaired) electrons. The summed E-state index contributed by atoms with van der Waals surface area (Å²) in [5, 5.41) is 2.97. The van der Waals surface area contributed by atoms with Crippen molar-refractivity contribution in [2.45, 2.75) is 6.61 Å². The van der Waals surface area contributed by atoms with E-state index < -0.39 is 0 Å². The monoisotopic (exact) mass is 183 g/mol. The summed E-state index contributed by atoms with van der Waals surface area (Å²) in [6.45, 7) is 1.93. The predicted octanol–water partition coefficient (Wildman–Crippen LogP) is 1.56. The molecule has 13 heavy (non-hydrogen) atoms. The quantitative estimate of drug-likeness (QED) is 0.699. The van der Waals surface area contributed by atoms with Crippen molar-refractivity contribution in [1.82, 2.24) is 5.32 Å². The van der Waals surface area contributed by atoms with Gasteiger partial charge in [0, 0.05) is 6.54 Å². The third-order valence-corrected chi connectivity index (χ3v) is 1.65. The van der Waals surface area contributed by atoms with E-state index in [2.05, 4.69) is 5.32 Å². The van der Waals surface area contributed by atoms with Gasteiger partial charge < -0.3 is 10.1 Å². The van der Waals surface area contributed by atoms with Crippen molar-refractivity contribution in [2.24, 2.45) is 0 Å². The zero-order valence-corrected chi connectivity index (χ0v) is 7.72. The van der Waals surface area contributed by atoms with Crippen LogP contribution in [0.2, 0.25) is 0 Å². The summed E-state index contributed by atoms with van der Waals surface area (Å²) in [7, 11) is 1.87. The fourth-order valence-electron chi connectivity index (χ4n) is 0.991. The first-order valence-corrected chi connectivity index (χ1v) is 4.29. The van der Waals surface area contributed by atoms with Crippen molar-refractivity contribution in [3.8, 4) is 0 Å². The number of ether oxygens (including phenoxy) is 1. The van der Waals surface area contributed by atoms with E-state index in [1.54, 1.807) is 6.07 Å². The zero-order valence-electron chi connectivity index (χ0n) is 7.72. The van der Waals surface area contributed by atoms with Gasteiger partial charge >= 0.3 is 0 Å². The first-order chi connectivity index (χ1) is 6.33. The second kappa shape index (κ2) is 5.67. The molecule has 0 aromatic heterocycles. The van der Waals surface area contributed by atoms with E-state index in [4.69, 9.17) is 4.74 Å². The topological polar surface area (TPSA) is 21.3 Å². The molecule has 0 fully saturated rings. The summed E-state index contributed by atoms with van der Waals surface area (Å²) in [5.41, 5.74) is 0.871. The standard InChI is InChI=1S/C10H14FNO/c1-12-5-6-13-8-9-3-2-4-10(11)7-9/h2-4,7,12H,5-6,8H2,1H3. The van der Waals surface area contributed by atoms with E-state index in [1.807, 2.05) is 13.1 Å². The molecule has 72 valence electrons. The van der Waals surface area contributed by atoms with Gasteiger partial charge in [0.2, 0.25) is 0 Å². The van der Waals surface area contributed by atoms with Crippen LogP contribution < -0.4 is 5.32 Å². The zero-order chi connectivity index (χ0) is 9.52. The lowest BCUT2D eigenvalue weighted by atomic mass is 10.2. The van der Waals surface area contributed by atoms with E-state index in [-0.39, 0.29) is 5.82 Å². The minimum Gasteiger partial charge on any atom is -0.375 e. The van der Waals surface area contributed by atoms with Crippen molar-refractivity contribution in [3.05, 3.63) is 35.6 Å². The number of nitrogens with one attached hydrogen (secondary N) is 1. The average molecular weight is 183 g/mol. The predicted molar refractivity (Wildman–Crippen MR) is 50.0 cm³/mol. The maximum atomic E-state index is 12.7. The number of hydrogen-bond donors (Lipinski definition) is 1. The second-order valence-corrected chi connectivity index (χ2v) is 2.79. The largest absolute Gasteiger partial charge is 0.375 e. The van der Waals surface area contributed by atoms with Crippen LogP contribution >= 0.6 is 0 Å². The Kier molecular flexibility index (Phi) is 4.43. The summed E-state index contributed by atoms with van der Waals surface area (Å²) < 4.78 is 18.0. The van der Waals surface area contributed by atoms with Crippen molar-refractivity contribution >= 4 is 0 Å². The number of likely N-dealkylation sites (N-methyl/N-ethyl adjacent to an activating group) is 1. The number of benzene rings is 1. The Hall–Kier alpha value is -0.930. The molecular formula is C10H14FNO. The van der Waals surface area contributed by atoms with Gasteiger partial charge in [0.25, 0.3) is 0 Å². The average Bonchev–Trinajstić information content (AvgIpc) is 2.13. The smallest absolute Gasteiger partial charge is 0.123 e. The number of hydrogen-bond acceptors (Lipinski definition) is 2. The fourth-order valence-corrected chi connectivity index (χ4v) is 0.991. The Labute approximate surface area is 77.7 Å². The SMILES string of the molecule is CNCCOCc1cccc(F)c1. The van der Waals surface area contributed by atoms with Gasteiger partial charge in [-0.05, 0) is 24.7 Å². The minimum absolute atomic E-state index is 0.213. The summed E-state index contributed by atoms with van der Waals surface area (Å²) in [6, 6.07) is 6.45. The van der Waals surface area contributed by atoms with Gasteiger partial charge in [-0.25, -0.2) is 4.39 Å². The van der Waals surface area contributed by atoms with Crippen LogP contribution in [0.1, 0.15) is 5.56 Å². The third kappa shape index (κ3) is 4.01. The molecule has 0 amide bonds. The van der Waals surface area contributed by atoms with Crippen molar-refractivity contribution in [1.29, 1.82) is 0 Å². The molecule has 0 saturated heterocycles. The van der Waals surface area contributed by atoms with Crippen molar-refractivity contribution < 1.29 is 9.13 Å². The molecule has 2 nitrogen and oxygen atoms in total. The molecule has 0 saturated carbocycles. The Morgan fingerprint density at radius 1 is 1.46 bits per heavy atom. The highest BCUT2D eigenvalue weighted by Crippen LogP contribution is 2.04.